The number of nitrogens with zero attached hydrogens (tertiary/aromatic N) is 1. The summed E-state index contributed by atoms with van der Waals surface area (Å²) in [4.78, 5) is 2.37. The Morgan fingerprint density at radius 2 is 2.00 bits per heavy atom. The van der Waals surface area contributed by atoms with E-state index in [9.17, 15) is 0 Å². The molecule has 1 aromatic carbocycles. The molecule has 0 saturated heterocycles. The number of anilines is 1. The van der Waals surface area contributed by atoms with E-state index < -0.39 is 0 Å². The quantitative estimate of drug-likeness (QED) is 0.671. The Morgan fingerprint density at radius 3 is 2.58 bits per heavy atom. The molecule has 1 atom stereocenters. The van der Waals surface area contributed by atoms with Crippen molar-refractivity contribution in [3.8, 4) is 0 Å². The average molecular weight is 260 g/mol. The number of hydrogen-bond donors (Lipinski definition) is 1. The number of para-hydroxylation sites is 1. The fraction of sp³-hybridized carbons (Fsp3) is 0.529. The Labute approximate surface area is 118 Å². The lowest BCUT2D eigenvalue weighted by atomic mass is 10.0. The lowest BCUT2D eigenvalue weighted by molar-refractivity contribution is 0.518. The van der Waals surface area contributed by atoms with Crippen molar-refractivity contribution >= 4 is 5.69 Å². The van der Waals surface area contributed by atoms with E-state index in [1.807, 2.05) is 6.08 Å². The van der Waals surface area contributed by atoms with E-state index in [0.717, 1.165) is 26.1 Å². The van der Waals surface area contributed by atoms with Gasteiger partial charge in [-0.3, -0.25) is 0 Å². The molecule has 0 amide bonds. The van der Waals surface area contributed by atoms with E-state index in [0.29, 0.717) is 6.04 Å². The summed E-state index contributed by atoms with van der Waals surface area (Å²) >= 11 is 0. The molecule has 0 bridgehead atoms. The molecule has 2 nitrogen and oxygen atoms in total. The average Bonchev–Trinajstić information content (AvgIpc) is 2.46. The molecule has 1 unspecified atom stereocenters. The molecule has 0 radical (unpaired) electrons. The summed E-state index contributed by atoms with van der Waals surface area (Å²) in [5, 5.41) is 3.64. The van der Waals surface area contributed by atoms with Gasteiger partial charge in [0.05, 0.1) is 0 Å². The van der Waals surface area contributed by atoms with Crippen molar-refractivity contribution in [2.75, 3.05) is 24.5 Å². The van der Waals surface area contributed by atoms with Crippen molar-refractivity contribution in [2.45, 2.75) is 39.7 Å². The van der Waals surface area contributed by atoms with E-state index in [2.05, 4.69) is 61.8 Å². The fourth-order valence-corrected chi connectivity index (χ4v) is 2.42. The predicted octanol–water partition coefficient (Wildman–Crippen LogP) is 4.15. The zero-order valence-corrected chi connectivity index (χ0v) is 12.7. The van der Waals surface area contributed by atoms with Gasteiger partial charge >= 0.3 is 0 Å². The minimum Gasteiger partial charge on any atom is -0.368 e. The first-order valence-corrected chi connectivity index (χ1v) is 7.46. The Bertz CT molecular complexity index is 373. The van der Waals surface area contributed by atoms with Crippen molar-refractivity contribution in [3.63, 3.8) is 0 Å². The van der Waals surface area contributed by atoms with Crippen LogP contribution >= 0.6 is 0 Å². The second kappa shape index (κ2) is 8.76. The Hall–Kier alpha value is -1.28. The molecule has 0 aromatic heterocycles. The second-order valence-electron chi connectivity index (χ2n) is 4.80. The van der Waals surface area contributed by atoms with Crippen LogP contribution in [0.4, 0.5) is 5.69 Å². The third kappa shape index (κ3) is 4.39. The van der Waals surface area contributed by atoms with Gasteiger partial charge in [-0.25, -0.2) is 0 Å². The summed E-state index contributed by atoms with van der Waals surface area (Å²) in [5.41, 5.74) is 2.74. The SMILES string of the molecule is C=CCN(CC)c1ccccc1C(CC)NCCC. The van der Waals surface area contributed by atoms with Crippen LogP contribution in [0.1, 0.15) is 45.2 Å². The highest BCUT2D eigenvalue weighted by atomic mass is 15.1. The summed E-state index contributed by atoms with van der Waals surface area (Å²) in [6.07, 6.45) is 4.26. The van der Waals surface area contributed by atoms with Crippen LogP contribution < -0.4 is 10.2 Å². The Kier molecular flexibility index (Phi) is 7.27. The van der Waals surface area contributed by atoms with Crippen LogP contribution in [0.25, 0.3) is 0 Å². The summed E-state index contributed by atoms with van der Waals surface area (Å²) in [5.74, 6) is 0. The van der Waals surface area contributed by atoms with E-state index >= 15 is 0 Å². The lowest BCUT2D eigenvalue weighted by Gasteiger charge is -2.28. The molecule has 1 rings (SSSR count). The minimum absolute atomic E-state index is 0.440. The maximum absolute atomic E-state index is 3.86. The van der Waals surface area contributed by atoms with Crippen LogP contribution in [-0.2, 0) is 0 Å². The van der Waals surface area contributed by atoms with Gasteiger partial charge in [-0.2, -0.15) is 0 Å². The molecule has 0 saturated carbocycles. The first-order chi connectivity index (χ1) is 9.28. The first-order valence-electron chi connectivity index (χ1n) is 7.46. The van der Waals surface area contributed by atoms with Gasteiger partial charge in [-0.1, -0.05) is 38.1 Å². The molecule has 0 spiro atoms. The number of rotatable bonds is 9. The van der Waals surface area contributed by atoms with Gasteiger partial charge in [-0.15, -0.1) is 6.58 Å². The van der Waals surface area contributed by atoms with Gasteiger partial charge in [0.2, 0.25) is 0 Å². The molecule has 0 fully saturated rings. The number of hydrogen-bond acceptors (Lipinski definition) is 2. The second-order valence-corrected chi connectivity index (χ2v) is 4.80. The van der Waals surface area contributed by atoms with Gasteiger partial charge in [0, 0.05) is 24.8 Å². The summed E-state index contributed by atoms with van der Waals surface area (Å²) in [6, 6.07) is 9.17. The molecule has 2 heteroatoms. The summed E-state index contributed by atoms with van der Waals surface area (Å²) < 4.78 is 0. The van der Waals surface area contributed by atoms with Crippen LogP contribution in [0, 0.1) is 0 Å². The van der Waals surface area contributed by atoms with E-state index in [1.165, 1.54) is 17.7 Å². The highest BCUT2D eigenvalue weighted by molar-refractivity contribution is 5.55. The van der Waals surface area contributed by atoms with Crippen LogP contribution in [0.15, 0.2) is 36.9 Å². The smallest absolute Gasteiger partial charge is 0.0417 e. The Balaban J connectivity index is 3.01. The standard InChI is InChI=1S/C17H28N2/c1-5-13-18-16(7-3)15-11-9-10-12-17(15)19(8-4)14-6-2/h6,9-12,16,18H,2,5,7-8,13-14H2,1,3-4H3. The van der Waals surface area contributed by atoms with Gasteiger partial charge in [0.15, 0.2) is 0 Å². The molecule has 0 aliphatic carbocycles. The predicted molar refractivity (Wildman–Crippen MR) is 85.9 cm³/mol. The van der Waals surface area contributed by atoms with E-state index in [-0.39, 0.29) is 0 Å². The highest BCUT2D eigenvalue weighted by Gasteiger charge is 2.15. The summed E-state index contributed by atoms with van der Waals surface area (Å²) in [6.45, 7) is 13.5. The van der Waals surface area contributed by atoms with Gasteiger partial charge in [-0.05, 0) is 37.9 Å². The number of nitrogens with one attached hydrogen (secondary N) is 1. The van der Waals surface area contributed by atoms with Crippen LogP contribution in [0.3, 0.4) is 0 Å². The maximum atomic E-state index is 3.86. The minimum atomic E-state index is 0.440. The number of benzene rings is 1. The monoisotopic (exact) mass is 260 g/mol. The van der Waals surface area contributed by atoms with E-state index in [4.69, 9.17) is 0 Å². The topological polar surface area (TPSA) is 15.3 Å². The van der Waals surface area contributed by atoms with Crippen molar-refractivity contribution in [2.24, 2.45) is 0 Å². The maximum Gasteiger partial charge on any atom is 0.0417 e. The fourth-order valence-electron chi connectivity index (χ4n) is 2.42. The lowest BCUT2D eigenvalue weighted by Crippen LogP contribution is -2.27. The largest absolute Gasteiger partial charge is 0.368 e. The molecular formula is C17H28N2. The first kappa shape index (κ1) is 15.8. The van der Waals surface area contributed by atoms with Crippen molar-refractivity contribution < 1.29 is 0 Å². The van der Waals surface area contributed by atoms with Crippen molar-refractivity contribution in [3.05, 3.63) is 42.5 Å². The van der Waals surface area contributed by atoms with Crippen molar-refractivity contribution in [1.82, 2.24) is 5.32 Å². The molecule has 19 heavy (non-hydrogen) atoms. The normalized spacial score (nSPS) is 12.2. The molecule has 0 aliphatic heterocycles. The molecule has 0 aliphatic rings. The van der Waals surface area contributed by atoms with Crippen LogP contribution in [0.5, 0.6) is 0 Å². The zero-order valence-electron chi connectivity index (χ0n) is 12.7. The van der Waals surface area contributed by atoms with Gasteiger partial charge in [0.25, 0.3) is 0 Å². The van der Waals surface area contributed by atoms with Crippen molar-refractivity contribution in [1.29, 1.82) is 0 Å². The molecule has 1 N–H and O–H groups in total. The Morgan fingerprint density at radius 1 is 1.26 bits per heavy atom. The molecular weight excluding hydrogens is 232 g/mol. The third-order valence-corrected chi connectivity index (χ3v) is 3.43. The van der Waals surface area contributed by atoms with Crippen LogP contribution in [-0.4, -0.2) is 19.6 Å². The van der Waals surface area contributed by atoms with Gasteiger partial charge < -0.3 is 10.2 Å². The highest BCUT2D eigenvalue weighted by Crippen LogP contribution is 2.28. The third-order valence-electron chi connectivity index (χ3n) is 3.43. The molecule has 0 heterocycles. The zero-order chi connectivity index (χ0) is 14.1. The summed E-state index contributed by atoms with van der Waals surface area (Å²) in [7, 11) is 0. The van der Waals surface area contributed by atoms with E-state index in [1.54, 1.807) is 0 Å². The molecule has 1 aromatic rings. The molecule has 106 valence electrons. The van der Waals surface area contributed by atoms with Crippen LogP contribution in [0.2, 0.25) is 0 Å². The van der Waals surface area contributed by atoms with Gasteiger partial charge in [0.1, 0.15) is 0 Å². The number of likely N-dealkylation sites (N-methyl/N-ethyl adjacent to an activating group) is 1.